The third-order valence-corrected chi connectivity index (χ3v) is 8.60. The lowest BCUT2D eigenvalue weighted by Gasteiger charge is -2.50. The fourth-order valence-electron chi connectivity index (χ4n) is 6.69. The Morgan fingerprint density at radius 2 is 1.02 bits per heavy atom. The molecule has 7 rings (SSSR count). The Kier molecular flexibility index (Phi) is 5.34. The molecule has 1 saturated carbocycles. The van der Waals surface area contributed by atoms with Gasteiger partial charge in [-0.15, -0.1) is 0 Å². The highest BCUT2D eigenvalue weighted by Gasteiger charge is 2.57. The minimum atomic E-state index is -4.55. The average molecular weight is 559 g/mol. The molecule has 6 aromatic rings. The predicted molar refractivity (Wildman–Crippen MR) is 146 cm³/mol. The maximum absolute atomic E-state index is 13.5. The molecule has 1 nitrogen and oxygen atoms in total. The fourth-order valence-corrected chi connectivity index (χ4v) is 6.69. The number of Topliss-reactive ketones (excluding diaryl/α,β-unsaturated/α-hetero) is 1. The lowest BCUT2D eigenvalue weighted by molar-refractivity contribution is -0.138. The zero-order valence-electron chi connectivity index (χ0n) is 21.3. The largest absolute Gasteiger partial charge is 0.416 e. The number of carbonyl (C=O) groups excluding carboxylic acids is 1. The van der Waals surface area contributed by atoms with Crippen LogP contribution in [-0.2, 0) is 22.6 Å². The maximum Gasteiger partial charge on any atom is 0.416 e. The van der Waals surface area contributed by atoms with Crippen LogP contribution in [0.1, 0.15) is 40.2 Å². The first-order valence-corrected chi connectivity index (χ1v) is 13.0. The Labute approximate surface area is 230 Å². The first-order valence-electron chi connectivity index (χ1n) is 13.0. The minimum absolute atomic E-state index is 0.0453. The van der Waals surface area contributed by atoms with Gasteiger partial charge in [0.15, 0.2) is 0 Å². The van der Waals surface area contributed by atoms with Gasteiger partial charge in [-0.3, -0.25) is 4.79 Å². The van der Waals surface area contributed by atoms with Gasteiger partial charge in [0.25, 0.3) is 0 Å². The van der Waals surface area contributed by atoms with E-state index in [-0.39, 0.29) is 12.2 Å². The second kappa shape index (κ2) is 8.56. The van der Waals surface area contributed by atoms with Crippen LogP contribution in [0.25, 0.3) is 32.3 Å². The van der Waals surface area contributed by atoms with Gasteiger partial charge in [0.1, 0.15) is 5.78 Å². The monoisotopic (exact) mass is 558 g/mol. The van der Waals surface area contributed by atoms with Crippen LogP contribution in [0.5, 0.6) is 0 Å². The van der Waals surface area contributed by atoms with Crippen LogP contribution in [0.3, 0.4) is 0 Å². The SMILES string of the molecule is O=C1CC(c2ccc(C(F)(F)F)cc2)(c2ccc(C(F)(F)F)cc2)C1c1ccc2ccc3cccc4ccc1c2c34. The van der Waals surface area contributed by atoms with Crippen LogP contribution in [0, 0.1) is 0 Å². The second-order valence-electron chi connectivity index (χ2n) is 10.7. The lowest BCUT2D eigenvalue weighted by Crippen LogP contribution is -2.51. The summed E-state index contributed by atoms with van der Waals surface area (Å²) in [6.07, 6.45) is -9.15. The number of alkyl halides is 6. The summed E-state index contributed by atoms with van der Waals surface area (Å²) in [5.41, 5.74) is -1.23. The number of ketones is 1. The van der Waals surface area contributed by atoms with Crippen molar-refractivity contribution in [3.05, 3.63) is 131 Å². The van der Waals surface area contributed by atoms with Crippen molar-refractivity contribution < 1.29 is 31.1 Å². The molecular weight excluding hydrogens is 538 g/mol. The van der Waals surface area contributed by atoms with Crippen LogP contribution in [0.2, 0.25) is 0 Å². The molecule has 0 aromatic heterocycles. The molecule has 1 aliphatic rings. The number of benzene rings is 6. The molecule has 0 spiro atoms. The molecule has 1 aliphatic carbocycles. The molecule has 41 heavy (non-hydrogen) atoms. The summed E-state index contributed by atoms with van der Waals surface area (Å²) in [5, 5.41) is 5.92. The lowest BCUT2D eigenvalue weighted by atomic mass is 9.50. The molecule has 0 amide bonds. The molecule has 0 aliphatic heterocycles. The third-order valence-electron chi connectivity index (χ3n) is 8.60. The normalized spacial score (nSPS) is 17.4. The third kappa shape index (κ3) is 3.75. The van der Waals surface area contributed by atoms with Crippen molar-refractivity contribution in [1.29, 1.82) is 0 Å². The Balaban J connectivity index is 1.48. The summed E-state index contributed by atoms with van der Waals surface area (Å²) in [7, 11) is 0. The average Bonchev–Trinajstić information content (AvgIpc) is 2.94. The van der Waals surface area contributed by atoms with Crippen LogP contribution in [0.15, 0.2) is 103 Å². The number of halogens is 6. The molecule has 0 heterocycles. The van der Waals surface area contributed by atoms with E-state index in [1.165, 1.54) is 24.3 Å². The number of rotatable bonds is 3. The Bertz CT molecular complexity index is 1880. The highest BCUT2D eigenvalue weighted by molar-refractivity contribution is 6.24. The standard InChI is InChI=1S/C34H20F6O/c35-33(36,37)24-12-8-22(9-13-24)32(23-10-14-25(15-11-23)34(38,39)40)18-28(41)31(32)27-17-7-21-5-4-19-2-1-3-20-6-16-26(27)30(21)29(19)20/h1-17,31H,18H2. The van der Waals surface area contributed by atoms with E-state index in [1.54, 1.807) is 0 Å². The zero-order valence-corrected chi connectivity index (χ0v) is 21.3. The first-order chi connectivity index (χ1) is 19.5. The Hall–Kier alpha value is -4.39. The Morgan fingerprint density at radius 3 is 1.51 bits per heavy atom. The van der Waals surface area contributed by atoms with Crippen LogP contribution in [0.4, 0.5) is 26.3 Å². The summed E-state index contributed by atoms with van der Waals surface area (Å²) >= 11 is 0. The summed E-state index contributed by atoms with van der Waals surface area (Å²) < 4.78 is 80.4. The number of carbonyl (C=O) groups is 1. The topological polar surface area (TPSA) is 17.1 Å². The van der Waals surface area contributed by atoms with Crippen molar-refractivity contribution in [2.24, 2.45) is 0 Å². The molecule has 0 radical (unpaired) electrons. The van der Waals surface area contributed by atoms with Gasteiger partial charge < -0.3 is 0 Å². The van der Waals surface area contributed by atoms with E-state index in [1.807, 2.05) is 54.6 Å². The molecule has 204 valence electrons. The van der Waals surface area contributed by atoms with Crippen LogP contribution in [-0.4, -0.2) is 5.78 Å². The summed E-state index contributed by atoms with van der Waals surface area (Å²) in [4.78, 5) is 13.5. The van der Waals surface area contributed by atoms with Gasteiger partial charge in [0.05, 0.1) is 17.0 Å². The highest BCUT2D eigenvalue weighted by Crippen LogP contribution is 2.58. The van der Waals surface area contributed by atoms with Gasteiger partial charge in [0, 0.05) is 11.8 Å². The van der Waals surface area contributed by atoms with Gasteiger partial charge in [-0.1, -0.05) is 78.9 Å². The molecule has 6 aromatic carbocycles. The smallest absolute Gasteiger partial charge is 0.299 e. The summed E-state index contributed by atoms with van der Waals surface area (Å²) in [5.74, 6) is -0.930. The predicted octanol–water partition coefficient (Wildman–Crippen LogP) is 9.66. The minimum Gasteiger partial charge on any atom is -0.299 e. The van der Waals surface area contributed by atoms with Gasteiger partial charge >= 0.3 is 12.4 Å². The van der Waals surface area contributed by atoms with E-state index in [0.717, 1.165) is 56.6 Å². The molecule has 1 fully saturated rings. The molecule has 1 unspecified atom stereocenters. The van der Waals surface area contributed by atoms with E-state index in [4.69, 9.17) is 0 Å². The second-order valence-corrected chi connectivity index (χ2v) is 10.7. The van der Waals surface area contributed by atoms with Gasteiger partial charge in [-0.25, -0.2) is 0 Å². The fraction of sp³-hybridized carbons (Fsp3) is 0.147. The van der Waals surface area contributed by atoms with E-state index in [2.05, 4.69) is 0 Å². The maximum atomic E-state index is 13.5. The molecule has 7 heteroatoms. The Morgan fingerprint density at radius 1 is 0.561 bits per heavy atom. The molecule has 0 N–H and O–H groups in total. The van der Waals surface area contributed by atoms with Crippen molar-refractivity contribution in [2.45, 2.75) is 30.1 Å². The van der Waals surface area contributed by atoms with E-state index in [0.29, 0.717) is 16.7 Å². The van der Waals surface area contributed by atoms with Gasteiger partial charge in [0.2, 0.25) is 0 Å². The quantitative estimate of drug-likeness (QED) is 0.156. The van der Waals surface area contributed by atoms with Crippen molar-refractivity contribution in [1.82, 2.24) is 0 Å². The number of hydrogen-bond acceptors (Lipinski definition) is 1. The van der Waals surface area contributed by atoms with Crippen molar-refractivity contribution >= 4 is 38.1 Å². The highest BCUT2D eigenvalue weighted by atomic mass is 19.4. The first kappa shape index (κ1) is 25.6. The van der Waals surface area contributed by atoms with Gasteiger partial charge in [-0.05, 0) is 73.3 Å². The van der Waals surface area contributed by atoms with Crippen molar-refractivity contribution in [3.8, 4) is 0 Å². The van der Waals surface area contributed by atoms with Crippen molar-refractivity contribution in [3.63, 3.8) is 0 Å². The van der Waals surface area contributed by atoms with Crippen molar-refractivity contribution in [2.75, 3.05) is 0 Å². The van der Waals surface area contributed by atoms with Crippen LogP contribution < -0.4 is 0 Å². The molecular formula is C34H20F6O. The van der Waals surface area contributed by atoms with Crippen LogP contribution >= 0.6 is 0 Å². The molecule has 0 saturated heterocycles. The van der Waals surface area contributed by atoms with Gasteiger partial charge in [-0.2, -0.15) is 26.3 Å². The van der Waals surface area contributed by atoms with E-state index >= 15 is 0 Å². The number of hydrogen-bond donors (Lipinski definition) is 0. The van der Waals surface area contributed by atoms with E-state index < -0.39 is 34.8 Å². The summed E-state index contributed by atoms with van der Waals surface area (Å²) in [6, 6.07) is 27.0. The van der Waals surface area contributed by atoms with E-state index in [9.17, 15) is 31.1 Å². The molecule has 1 atom stereocenters. The molecule has 0 bridgehead atoms. The summed E-state index contributed by atoms with van der Waals surface area (Å²) in [6.45, 7) is 0. The zero-order chi connectivity index (χ0) is 28.7.